The number of ether oxygens (including phenoxy) is 1. The number of hydrogen-bond donors (Lipinski definition) is 1. The number of nitrogens with zero attached hydrogens (tertiary/aromatic N) is 1. The number of pyridine rings is 1. The molecule has 0 unspecified atom stereocenters. The molecule has 118 valence electrons. The molecular weight excluding hydrogens is 300 g/mol. The molecule has 0 radical (unpaired) electrons. The number of terminal acetylenes is 1. The third-order valence-electron chi connectivity index (χ3n) is 3.54. The van der Waals surface area contributed by atoms with Crippen molar-refractivity contribution < 1.29 is 9.53 Å². The number of amides is 1. The Hall–Kier alpha value is -3.32. The van der Waals surface area contributed by atoms with Crippen LogP contribution in [0.2, 0.25) is 0 Å². The van der Waals surface area contributed by atoms with Crippen molar-refractivity contribution in [2.75, 3.05) is 6.61 Å². The number of benzene rings is 2. The number of hydrogen-bond acceptors (Lipinski definition) is 3. The summed E-state index contributed by atoms with van der Waals surface area (Å²) in [5.74, 6) is 2.99. The molecule has 0 aliphatic carbocycles. The van der Waals surface area contributed by atoms with Crippen molar-refractivity contribution in [3.63, 3.8) is 0 Å². The number of rotatable bonds is 5. The summed E-state index contributed by atoms with van der Waals surface area (Å²) in [6, 6.07) is 16.7. The summed E-state index contributed by atoms with van der Waals surface area (Å²) in [5, 5.41) is 3.85. The quantitative estimate of drug-likeness (QED) is 0.736. The van der Waals surface area contributed by atoms with Gasteiger partial charge in [-0.1, -0.05) is 24.1 Å². The highest BCUT2D eigenvalue weighted by Crippen LogP contribution is 2.15. The lowest BCUT2D eigenvalue weighted by atomic mass is 10.1. The Kier molecular flexibility index (Phi) is 4.73. The smallest absolute Gasteiger partial charge is 0.251 e. The van der Waals surface area contributed by atoms with E-state index >= 15 is 0 Å². The lowest BCUT2D eigenvalue weighted by Crippen LogP contribution is -2.22. The first-order valence-corrected chi connectivity index (χ1v) is 7.54. The molecule has 0 spiro atoms. The van der Waals surface area contributed by atoms with Gasteiger partial charge in [-0.15, -0.1) is 6.42 Å². The van der Waals surface area contributed by atoms with Crippen LogP contribution in [0.5, 0.6) is 5.75 Å². The molecule has 3 aromatic rings. The maximum atomic E-state index is 12.3. The third kappa shape index (κ3) is 3.71. The largest absolute Gasteiger partial charge is 0.481 e. The van der Waals surface area contributed by atoms with Gasteiger partial charge in [0.25, 0.3) is 5.91 Å². The fraction of sp³-hybridized carbons (Fsp3) is 0.100. The highest BCUT2D eigenvalue weighted by atomic mass is 16.5. The van der Waals surface area contributed by atoms with E-state index in [-0.39, 0.29) is 12.5 Å². The third-order valence-corrected chi connectivity index (χ3v) is 3.54. The standard InChI is InChI=1S/C20H16N2O2/c1-2-11-24-18-7-3-5-15(12-18)14-22-20(23)17-8-9-19-16(13-17)6-4-10-21-19/h1,3-10,12-13H,11,14H2,(H,22,23). The van der Waals surface area contributed by atoms with Gasteiger partial charge in [-0.3, -0.25) is 9.78 Å². The van der Waals surface area contributed by atoms with Crippen LogP contribution >= 0.6 is 0 Å². The van der Waals surface area contributed by atoms with Gasteiger partial charge in [0.1, 0.15) is 12.4 Å². The van der Waals surface area contributed by atoms with Crippen molar-refractivity contribution >= 4 is 16.8 Å². The summed E-state index contributed by atoms with van der Waals surface area (Å²) < 4.78 is 5.38. The van der Waals surface area contributed by atoms with E-state index in [0.717, 1.165) is 16.5 Å². The van der Waals surface area contributed by atoms with Crippen molar-refractivity contribution in [1.29, 1.82) is 0 Å². The van der Waals surface area contributed by atoms with Gasteiger partial charge in [0.15, 0.2) is 0 Å². The van der Waals surface area contributed by atoms with Crippen molar-refractivity contribution in [1.82, 2.24) is 10.3 Å². The Balaban J connectivity index is 1.67. The maximum Gasteiger partial charge on any atom is 0.251 e. The molecule has 0 atom stereocenters. The second kappa shape index (κ2) is 7.30. The summed E-state index contributed by atoms with van der Waals surface area (Å²) >= 11 is 0. The average molecular weight is 316 g/mol. The minimum atomic E-state index is -0.129. The second-order valence-electron chi connectivity index (χ2n) is 5.23. The Morgan fingerprint density at radius 3 is 2.96 bits per heavy atom. The van der Waals surface area contributed by atoms with E-state index < -0.39 is 0 Å². The first kappa shape index (κ1) is 15.6. The Morgan fingerprint density at radius 2 is 2.08 bits per heavy atom. The Morgan fingerprint density at radius 1 is 1.17 bits per heavy atom. The van der Waals surface area contributed by atoms with Crippen LogP contribution in [-0.2, 0) is 6.54 Å². The minimum Gasteiger partial charge on any atom is -0.481 e. The number of aromatic nitrogens is 1. The molecule has 1 amide bonds. The van der Waals surface area contributed by atoms with Crippen LogP contribution in [0, 0.1) is 12.3 Å². The molecule has 0 saturated carbocycles. The molecule has 2 aromatic carbocycles. The molecule has 0 aliphatic rings. The zero-order chi connectivity index (χ0) is 16.8. The van der Waals surface area contributed by atoms with Crippen molar-refractivity contribution in [3.8, 4) is 18.1 Å². The molecule has 0 aliphatic heterocycles. The van der Waals surface area contributed by atoms with Gasteiger partial charge in [0, 0.05) is 23.7 Å². The molecule has 0 bridgehead atoms. The van der Waals surface area contributed by atoms with E-state index in [1.165, 1.54) is 0 Å². The van der Waals surface area contributed by atoms with Crippen molar-refractivity contribution in [2.24, 2.45) is 0 Å². The van der Waals surface area contributed by atoms with Crippen LogP contribution in [0.15, 0.2) is 60.8 Å². The van der Waals surface area contributed by atoms with Crippen LogP contribution in [0.4, 0.5) is 0 Å². The van der Waals surface area contributed by atoms with E-state index in [9.17, 15) is 4.79 Å². The Bertz CT molecular complexity index is 913. The molecule has 4 nitrogen and oxygen atoms in total. The lowest BCUT2D eigenvalue weighted by Gasteiger charge is -2.08. The molecular formula is C20H16N2O2. The van der Waals surface area contributed by atoms with E-state index in [2.05, 4.69) is 16.2 Å². The van der Waals surface area contributed by atoms with Crippen LogP contribution in [0.1, 0.15) is 15.9 Å². The first-order chi connectivity index (χ1) is 11.8. The predicted octanol–water partition coefficient (Wildman–Crippen LogP) is 3.18. The van der Waals surface area contributed by atoms with E-state index in [0.29, 0.717) is 17.9 Å². The highest BCUT2D eigenvalue weighted by molar-refractivity contribution is 5.97. The SMILES string of the molecule is C#CCOc1cccc(CNC(=O)c2ccc3ncccc3c2)c1. The van der Waals surface area contributed by atoms with E-state index in [1.807, 2.05) is 48.5 Å². The maximum absolute atomic E-state index is 12.3. The molecule has 0 saturated heterocycles. The number of nitrogens with one attached hydrogen (secondary N) is 1. The molecule has 4 heteroatoms. The lowest BCUT2D eigenvalue weighted by molar-refractivity contribution is 0.0951. The van der Waals surface area contributed by atoms with Crippen LogP contribution in [0.3, 0.4) is 0 Å². The molecule has 1 N–H and O–H groups in total. The monoisotopic (exact) mass is 316 g/mol. The van der Waals surface area contributed by atoms with Gasteiger partial charge in [0.2, 0.25) is 0 Å². The molecule has 24 heavy (non-hydrogen) atoms. The van der Waals surface area contributed by atoms with Crippen molar-refractivity contribution in [2.45, 2.75) is 6.54 Å². The summed E-state index contributed by atoms with van der Waals surface area (Å²) in [7, 11) is 0. The number of carbonyl (C=O) groups is 1. The number of carbonyl (C=O) groups excluding carboxylic acids is 1. The zero-order valence-corrected chi connectivity index (χ0v) is 13.0. The van der Waals surface area contributed by atoms with Crippen molar-refractivity contribution in [3.05, 3.63) is 71.9 Å². The fourth-order valence-electron chi connectivity index (χ4n) is 2.37. The van der Waals surface area contributed by atoms with Gasteiger partial charge < -0.3 is 10.1 Å². The molecule has 1 aromatic heterocycles. The number of fused-ring (bicyclic) bond motifs is 1. The summed E-state index contributed by atoms with van der Waals surface area (Å²) in [6.07, 6.45) is 6.91. The summed E-state index contributed by atoms with van der Waals surface area (Å²) in [6.45, 7) is 0.637. The second-order valence-corrected chi connectivity index (χ2v) is 5.23. The van der Waals surface area contributed by atoms with E-state index in [4.69, 9.17) is 11.2 Å². The van der Waals surface area contributed by atoms with E-state index in [1.54, 1.807) is 12.3 Å². The molecule has 3 rings (SSSR count). The van der Waals surface area contributed by atoms with Crippen LogP contribution in [0.25, 0.3) is 10.9 Å². The first-order valence-electron chi connectivity index (χ1n) is 7.54. The van der Waals surface area contributed by atoms with Gasteiger partial charge >= 0.3 is 0 Å². The topological polar surface area (TPSA) is 51.2 Å². The zero-order valence-electron chi connectivity index (χ0n) is 13.0. The van der Waals surface area contributed by atoms with Crippen LogP contribution in [-0.4, -0.2) is 17.5 Å². The minimum absolute atomic E-state index is 0.129. The fourth-order valence-corrected chi connectivity index (χ4v) is 2.37. The molecule has 0 fully saturated rings. The average Bonchev–Trinajstić information content (AvgIpc) is 2.64. The summed E-state index contributed by atoms with van der Waals surface area (Å²) in [4.78, 5) is 16.6. The van der Waals surface area contributed by atoms with Crippen LogP contribution < -0.4 is 10.1 Å². The normalized spacial score (nSPS) is 10.1. The van der Waals surface area contributed by atoms with Gasteiger partial charge in [-0.05, 0) is 42.0 Å². The summed E-state index contributed by atoms with van der Waals surface area (Å²) in [5.41, 5.74) is 2.42. The van der Waals surface area contributed by atoms with Gasteiger partial charge in [-0.25, -0.2) is 0 Å². The Labute approximate surface area is 140 Å². The van der Waals surface area contributed by atoms with Gasteiger partial charge in [0.05, 0.1) is 5.52 Å². The predicted molar refractivity (Wildman–Crippen MR) is 93.7 cm³/mol. The molecule has 1 heterocycles. The highest BCUT2D eigenvalue weighted by Gasteiger charge is 2.07. The van der Waals surface area contributed by atoms with Gasteiger partial charge in [-0.2, -0.15) is 0 Å².